The minimum absolute atomic E-state index is 0.300. The normalized spacial score (nSPS) is 12.7. The van der Waals surface area contributed by atoms with E-state index >= 15 is 0 Å². The van der Waals surface area contributed by atoms with Crippen LogP contribution in [0.4, 0.5) is 0 Å². The molecule has 0 amide bonds. The van der Waals surface area contributed by atoms with Crippen LogP contribution in [0.15, 0.2) is 18.0 Å². The predicted molar refractivity (Wildman–Crippen MR) is 61.1 cm³/mol. The molecule has 1 rings (SSSR count). The molecule has 3 nitrogen and oxygen atoms in total. The molecule has 1 aromatic heterocycles. The topological polar surface area (TPSA) is 50.9 Å². The lowest BCUT2D eigenvalue weighted by Gasteiger charge is -2.12. The number of nitrogens with one attached hydrogen (secondary N) is 1. The van der Waals surface area contributed by atoms with Crippen molar-refractivity contribution in [2.75, 3.05) is 0 Å². The Labute approximate surface area is 89.0 Å². The maximum Gasteiger partial charge on any atom is 0.0897 e. The van der Waals surface area contributed by atoms with Gasteiger partial charge in [-0.3, -0.25) is 11.3 Å². The molecule has 0 radical (unpaired) electrons. The molecule has 0 aromatic carbocycles. The molecule has 0 saturated carbocycles. The Bertz CT molecular complexity index is 283. The summed E-state index contributed by atoms with van der Waals surface area (Å²) in [6, 6.07) is 0.300. The molecule has 14 heavy (non-hydrogen) atoms. The van der Waals surface area contributed by atoms with Crippen LogP contribution < -0.4 is 11.3 Å². The molecule has 0 aliphatic carbocycles. The molecule has 0 bridgehead atoms. The summed E-state index contributed by atoms with van der Waals surface area (Å²) >= 11 is 1.68. The summed E-state index contributed by atoms with van der Waals surface area (Å²) in [5.74, 6) is 5.46. The first-order valence-electron chi connectivity index (χ1n) is 4.74. The Kier molecular flexibility index (Phi) is 4.79. The second-order valence-electron chi connectivity index (χ2n) is 3.29. The number of hydrogen-bond acceptors (Lipinski definition) is 4. The fourth-order valence-electron chi connectivity index (χ4n) is 1.32. The summed E-state index contributed by atoms with van der Waals surface area (Å²) in [7, 11) is 0. The van der Waals surface area contributed by atoms with Crippen molar-refractivity contribution in [3.05, 3.63) is 28.7 Å². The van der Waals surface area contributed by atoms with E-state index in [0.717, 1.165) is 30.0 Å². The van der Waals surface area contributed by atoms with Gasteiger partial charge < -0.3 is 0 Å². The van der Waals surface area contributed by atoms with Gasteiger partial charge in [0, 0.05) is 17.8 Å². The van der Waals surface area contributed by atoms with Gasteiger partial charge in [-0.15, -0.1) is 17.9 Å². The number of nitrogens with zero attached hydrogens (tertiary/aromatic N) is 1. The van der Waals surface area contributed by atoms with Crippen LogP contribution in [0.25, 0.3) is 0 Å². The van der Waals surface area contributed by atoms with E-state index in [0.29, 0.717) is 6.04 Å². The predicted octanol–water partition coefficient (Wildman–Crippen LogP) is 1.79. The van der Waals surface area contributed by atoms with Gasteiger partial charge in [0.2, 0.25) is 0 Å². The van der Waals surface area contributed by atoms with Crippen LogP contribution in [0, 0.1) is 6.92 Å². The summed E-state index contributed by atoms with van der Waals surface area (Å²) in [4.78, 5) is 4.40. The highest BCUT2D eigenvalue weighted by Crippen LogP contribution is 2.11. The number of allylic oxidation sites excluding steroid dienone is 1. The van der Waals surface area contributed by atoms with Crippen molar-refractivity contribution in [2.24, 2.45) is 5.84 Å². The van der Waals surface area contributed by atoms with Crippen molar-refractivity contribution in [3.63, 3.8) is 0 Å². The third-order valence-electron chi connectivity index (χ3n) is 2.08. The van der Waals surface area contributed by atoms with Crippen LogP contribution >= 0.6 is 11.3 Å². The maximum absolute atomic E-state index is 5.46. The Hall–Kier alpha value is -0.710. The summed E-state index contributed by atoms with van der Waals surface area (Å²) in [5.41, 5.74) is 3.94. The zero-order chi connectivity index (χ0) is 10.4. The summed E-state index contributed by atoms with van der Waals surface area (Å²) < 4.78 is 0. The van der Waals surface area contributed by atoms with E-state index in [4.69, 9.17) is 5.84 Å². The Morgan fingerprint density at radius 3 is 3.07 bits per heavy atom. The number of aryl methyl sites for hydroxylation is 1. The quantitative estimate of drug-likeness (QED) is 0.428. The molecule has 1 heterocycles. The molecule has 0 aliphatic heterocycles. The first-order valence-corrected chi connectivity index (χ1v) is 5.62. The van der Waals surface area contributed by atoms with E-state index in [1.165, 1.54) is 0 Å². The highest BCUT2D eigenvalue weighted by molar-refractivity contribution is 7.09. The molecule has 1 aromatic rings. The molecule has 4 heteroatoms. The lowest BCUT2D eigenvalue weighted by Crippen LogP contribution is -2.36. The van der Waals surface area contributed by atoms with Crippen LogP contribution in [0.1, 0.15) is 23.5 Å². The molecule has 1 unspecified atom stereocenters. The Morgan fingerprint density at radius 2 is 2.57 bits per heavy atom. The smallest absolute Gasteiger partial charge is 0.0897 e. The van der Waals surface area contributed by atoms with E-state index in [1.807, 2.05) is 13.0 Å². The largest absolute Gasteiger partial charge is 0.271 e. The lowest BCUT2D eigenvalue weighted by atomic mass is 10.1. The fraction of sp³-hybridized carbons (Fsp3) is 0.500. The van der Waals surface area contributed by atoms with Gasteiger partial charge in [0.05, 0.1) is 10.7 Å². The third kappa shape index (κ3) is 3.57. The molecular formula is C10H17N3S. The van der Waals surface area contributed by atoms with Crippen LogP contribution in [-0.2, 0) is 6.42 Å². The van der Waals surface area contributed by atoms with Crippen LogP contribution in [0.5, 0.6) is 0 Å². The zero-order valence-corrected chi connectivity index (χ0v) is 9.31. The van der Waals surface area contributed by atoms with Gasteiger partial charge in [-0.2, -0.15) is 0 Å². The summed E-state index contributed by atoms with van der Waals surface area (Å²) in [5, 5.41) is 3.20. The number of aromatic nitrogens is 1. The molecule has 0 fully saturated rings. The minimum Gasteiger partial charge on any atom is -0.271 e. The van der Waals surface area contributed by atoms with Crippen molar-refractivity contribution in [2.45, 2.75) is 32.2 Å². The lowest BCUT2D eigenvalue weighted by molar-refractivity contribution is 0.491. The number of hydrazine groups is 1. The molecule has 0 aliphatic rings. The van der Waals surface area contributed by atoms with Crippen LogP contribution in [0.2, 0.25) is 0 Å². The van der Waals surface area contributed by atoms with E-state index in [1.54, 1.807) is 11.3 Å². The van der Waals surface area contributed by atoms with Gasteiger partial charge in [0.1, 0.15) is 0 Å². The third-order valence-corrected chi connectivity index (χ3v) is 2.90. The first kappa shape index (κ1) is 11.4. The van der Waals surface area contributed by atoms with Gasteiger partial charge in [-0.05, 0) is 19.8 Å². The molecule has 78 valence electrons. The Morgan fingerprint density at radius 1 is 1.79 bits per heavy atom. The fourth-order valence-corrected chi connectivity index (χ4v) is 1.94. The number of hydrogen-bond donors (Lipinski definition) is 2. The van der Waals surface area contributed by atoms with E-state index in [2.05, 4.69) is 22.4 Å². The minimum atomic E-state index is 0.300. The van der Waals surface area contributed by atoms with Crippen molar-refractivity contribution in [1.82, 2.24) is 10.4 Å². The van der Waals surface area contributed by atoms with Gasteiger partial charge in [0.25, 0.3) is 0 Å². The van der Waals surface area contributed by atoms with Crippen molar-refractivity contribution in [1.29, 1.82) is 0 Å². The maximum atomic E-state index is 5.46. The second kappa shape index (κ2) is 5.90. The van der Waals surface area contributed by atoms with Crippen LogP contribution in [0.3, 0.4) is 0 Å². The Balaban J connectivity index is 2.43. The molecule has 0 saturated heterocycles. The van der Waals surface area contributed by atoms with Gasteiger partial charge in [-0.25, -0.2) is 4.98 Å². The SMILES string of the molecule is C=CCCC(Cc1csc(C)n1)NN. The molecule has 3 N–H and O–H groups in total. The summed E-state index contributed by atoms with van der Waals surface area (Å²) in [6.07, 6.45) is 4.81. The van der Waals surface area contributed by atoms with E-state index in [-0.39, 0.29) is 0 Å². The van der Waals surface area contributed by atoms with Crippen molar-refractivity contribution in [3.8, 4) is 0 Å². The highest BCUT2D eigenvalue weighted by Gasteiger charge is 2.08. The van der Waals surface area contributed by atoms with Gasteiger partial charge >= 0.3 is 0 Å². The number of rotatable bonds is 6. The summed E-state index contributed by atoms with van der Waals surface area (Å²) in [6.45, 7) is 5.71. The monoisotopic (exact) mass is 211 g/mol. The number of nitrogens with two attached hydrogens (primary N) is 1. The second-order valence-corrected chi connectivity index (χ2v) is 4.35. The number of thiazole rings is 1. The standard InChI is InChI=1S/C10H17N3S/c1-3-4-5-9(13-11)6-10-7-14-8(2)12-10/h3,7,9,13H,1,4-6,11H2,2H3. The first-order chi connectivity index (χ1) is 6.76. The van der Waals surface area contributed by atoms with Gasteiger partial charge in [-0.1, -0.05) is 6.08 Å². The average Bonchev–Trinajstić information content (AvgIpc) is 2.58. The van der Waals surface area contributed by atoms with Crippen molar-refractivity contribution < 1.29 is 0 Å². The van der Waals surface area contributed by atoms with Crippen LogP contribution in [-0.4, -0.2) is 11.0 Å². The highest BCUT2D eigenvalue weighted by atomic mass is 32.1. The average molecular weight is 211 g/mol. The zero-order valence-electron chi connectivity index (χ0n) is 8.49. The molecule has 1 atom stereocenters. The van der Waals surface area contributed by atoms with Gasteiger partial charge in [0.15, 0.2) is 0 Å². The van der Waals surface area contributed by atoms with E-state index in [9.17, 15) is 0 Å². The molecule has 0 spiro atoms. The van der Waals surface area contributed by atoms with E-state index < -0.39 is 0 Å². The van der Waals surface area contributed by atoms with Crippen molar-refractivity contribution >= 4 is 11.3 Å². The molecular weight excluding hydrogens is 194 g/mol.